The number of pyridine rings is 1. The first-order chi connectivity index (χ1) is 14.6. The zero-order valence-corrected chi connectivity index (χ0v) is 17.1. The Hall–Kier alpha value is -3.39. The van der Waals surface area contributed by atoms with Crippen LogP contribution in [-0.2, 0) is 4.79 Å². The number of nitrogens with zero attached hydrogens (tertiary/aromatic N) is 5. The second-order valence-corrected chi connectivity index (χ2v) is 7.69. The predicted molar refractivity (Wildman–Crippen MR) is 117 cm³/mol. The van der Waals surface area contributed by atoms with Gasteiger partial charge in [0.1, 0.15) is 11.6 Å². The van der Waals surface area contributed by atoms with E-state index in [0.717, 1.165) is 33.7 Å². The van der Waals surface area contributed by atoms with E-state index >= 15 is 0 Å². The van der Waals surface area contributed by atoms with Gasteiger partial charge in [0.25, 0.3) is 0 Å². The summed E-state index contributed by atoms with van der Waals surface area (Å²) in [6.07, 6.45) is 3.47. The van der Waals surface area contributed by atoms with Gasteiger partial charge in [0.15, 0.2) is 5.65 Å². The summed E-state index contributed by atoms with van der Waals surface area (Å²) >= 11 is 6.42. The van der Waals surface area contributed by atoms with Crippen LogP contribution >= 0.6 is 11.6 Å². The first-order valence-electron chi connectivity index (χ1n) is 9.76. The quantitative estimate of drug-likeness (QED) is 0.526. The van der Waals surface area contributed by atoms with E-state index in [2.05, 4.69) is 33.7 Å². The molecule has 0 spiro atoms. The fourth-order valence-corrected chi connectivity index (χ4v) is 4.03. The fraction of sp³-hybridized carbons (Fsp3) is 0.238. The van der Waals surface area contributed by atoms with Crippen molar-refractivity contribution in [1.29, 1.82) is 0 Å². The molecule has 152 valence electrons. The van der Waals surface area contributed by atoms with Gasteiger partial charge in [-0.05, 0) is 25.1 Å². The molecule has 4 aromatic rings. The van der Waals surface area contributed by atoms with Crippen molar-refractivity contribution in [3.8, 4) is 0 Å². The Labute approximate surface area is 177 Å². The van der Waals surface area contributed by atoms with E-state index in [1.54, 1.807) is 16.9 Å². The highest BCUT2D eigenvalue weighted by molar-refractivity contribution is 6.35. The summed E-state index contributed by atoms with van der Waals surface area (Å²) in [5, 5.41) is 12.3. The van der Waals surface area contributed by atoms with Gasteiger partial charge < -0.3 is 15.5 Å². The number of amides is 1. The van der Waals surface area contributed by atoms with Crippen molar-refractivity contribution in [2.24, 2.45) is 0 Å². The lowest BCUT2D eigenvalue weighted by atomic mass is 10.0. The van der Waals surface area contributed by atoms with Crippen LogP contribution in [0.15, 0.2) is 48.8 Å². The van der Waals surface area contributed by atoms with Gasteiger partial charge in [-0.3, -0.25) is 4.79 Å². The van der Waals surface area contributed by atoms with E-state index in [1.165, 1.54) is 0 Å². The number of carbonyl (C=O) groups is 1. The molecule has 4 heterocycles. The van der Waals surface area contributed by atoms with Crippen LogP contribution < -0.4 is 15.5 Å². The number of rotatable bonds is 4. The van der Waals surface area contributed by atoms with Crippen molar-refractivity contribution in [3.05, 3.63) is 59.4 Å². The smallest absolute Gasteiger partial charge is 0.239 e. The fourth-order valence-electron chi connectivity index (χ4n) is 3.80. The number of hydrogen-bond donors (Lipinski definition) is 2. The first-order valence-corrected chi connectivity index (χ1v) is 10.1. The number of piperazine rings is 1. The third-order valence-electron chi connectivity index (χ3n) is 5.26. The molecule has 1 fully saturated rings. The Morgan fingerprint density at radius 3 is 3.00 bits per heavy atom. The molecule has 1 atom stereocenters. The minimum absolute atomic E-state index is 0.0127. The van der Waals surface area contributed by atoms with Gasteiger partial charge in [-0.15, -0.1) is 0 Å². The summed E-state index contributed by atoms with van der Waals surface area (Å²) in [5.41, 5.74) is 2.48. The Morgan fingerprint density at radius 2 is 2.13 bits per heavy atom. The maximum absolute atomic E-state index is 12.0. The number of nitrogens with one attached hydrogen (secondary N) is 2. The van der Waals surface area contributed by atoms with Crippen molar-refractivity contribution in [2.45, 2.75) is 13.0 Å². The summed E-state index contributed by atoms with van der Waals surface area (Å²) in [4.78, 5) is 23.2. The first kappa shape index (κ1) is 18.6. The lowest BCUT2D eigenvalue weighted by Crippen LogP contribution is -2.48. The molecule has 1 aliphatic rings. The Balaban J connectivity index is 1.60. The van der Waals surface area contributed by atoms with Crippen molar-refractivity contribution in [3.63, 3.8) is 0 Å². The highest BCUT2D eigenvalue weighted by Gasteiger charge is 2.24. The van der Waals surface area contributed by atoms with E-state index < -0.39 is 0 Å². The van der Waals surface area contributed by atoms with Crippen LogP contribution in [0.1, 0.15) is 18.5 Å². The number of anilines is 2. The van der Waals surface area contributed by atoms with Crippen molar-refractivity contribution in [2.75, 3.05) is 29.9 Å². The summed E-state index contributed by atoms with van der Waals surface area (Å²) in [5.74, 6) is 1.57. The number of halogens is 1. The standard InChI is InChI=1S/C21H20ClN7O/c1-13(26-18-5-7-23-17-6-8-25-29(17)18)15-11-14-3-2-4-16(22)20(14)27-21(15)28-10-9-24-19(30)12-28/h2-8,11,13,26H,9-10,12H2,1H3,(H,24,30)/t13-/m1/s1. The van der Waals surface area contributed by atoms with E-state index in [-0.39, 0.29) is 18.5 Å². The van der Waals surface area contributed by atoms with E-state index in [0.29, 0.717) is 18.1 Å². The summed E-state index contributed by atoms with van der Waals surface area (Å²) in [7, 11) is 0. The third kappa shape index (κ3) is 3.29. The van der Waals surface area contributed by atoms with Gasteiger partial charge in [0.05, 0.1) is 29.3 Å². The molecule has 0 radical (unpaired) electrons. The van der Waals surface area contributed by atoms with Crippen LogP contribution in [0.5, 0.6) is 0 Å². The van der Waals surface area contributed by atoms with Crippen LogP contribution in [0.3, 0.4) is 0 Å². The molecule has 9 heteroatoms. The Kier molecular flexibility index (Phi) is 4.63. The Bertz CT molecular complexity index is 1250. The van der Waals surface area contributed by atoms with E-state index in [4.69, 9.17) is 16.6 Å². The molecule has 1 amide bonds. The average molecular weight is 422 g/mol. The Morgan fingerprint density at radius 1 is 1.23 bits per heavy atom. The average Bonchev–Trinajstić information content (AvgIpc) is 3.23. The highest BCUT2D eigenvalue weighted by Crippen LogP contribution is 2.33. The van der Waals surface area contributed by atoms with Gasteiger partial charge in [0.2, 0.25) is 5.91 Å². The van der Waals surface area contributed by atoms with Crippen LogP contribution in [0.4, 0.5) is 11.6 Å². The summed E-state index contributed by atoms with van der Waals surface area (Å²) < 4.78 is 1.76. The van der Waals surface area contributed by atoms with Crippen molar-refractivity contribution in [1.82, 2.24) is 24.9 Å². The topological polar surface area (TPSA) is 87.4 Å². The third-order valence-corrected chi connectivity index (χ3v) is 5.57. The summed E-state index contributed by atoms with van der Waals surface area (Å²) in [6.45, 7) is 3.60. The zero-order valence-electron chi connectivity index (χ0n) is 16.3. The van der Waals surface area contributed by atoms with Gasteiger partial charge in [0, 0.05) is 36.3 Å². The molecular weight excluding hydrogens is 402 g/mol. The number of fused-ring (bicyclic) bond motifs is 2. The van der Waals surface area contributed by atoms with Gasteiger partial charge in [-0.1, -0.05) is 23.7 Å². The lowest BCUT2D eigenvalue weighted by Gasteiger charge is -2.31. The molecular formula is C21H20ClN7O. The van der Waals surface area contributed by atoms with Crippen LogP contribution in [0.25, 0.3) is 16.6 Å². The minimum Gasteiger partial charge on any atom is -0.363 e. The predicted octanol–water partition coefficient (Wildman–Crippen LogP) is 3.04. The second kappa shape index (κ2) is 7.46. The minimum atomic E-state index is -0.101. The number of benzene rings is 1. The van der Waals surface area contributed by atoms with Crippen molar-refractivity contribution < 1.29 is 4.79 Å². The molecule has 8 nitrogen and oxygen atoms in total. The largest absolute Gasteiger partial charge is 0.363 e. The number of para-hydroxylation sites is 1. The number of hydrogen-bond acceptors (Lipinski definition) is 6. The van der Waals surface area contributed by atoms with Gasteiger partial charge in [-0.25, -0.2) is 9.97 Å². The van der Waals surface area contributed by atoms with Gasteiger partial charge in [-0.2, -0.15) is 9.61 Å². The highest BCUT2D eigenvalue weighted by atomic mass is 35.5. The summed E-state index contributed by atoms with van der Waals surface area (Å²) in [6, 6.07) is 11.5. The van der Waals surface area contributed by atoms with E-state index in [9.17, 15) is 4.79 Å². The number of carbonyl (C=O) groups excluding carboxylic acids is 1. The number of aromatic nitrogens is 4. The molecule has 1 aliphatic heterocycles. The normalized spacial score (nSPS) is 15.4. The molecule has 30 heavy (non-hydrogen) atoms. The van der Waals surface area contributed by atoms with Crippen LogP contribution in [0.2, 0.25) is 5.02 Å². The lowest BCUT2D eigenvalue weighted by molar-refractivity contribution is -0.120. The molecule has 2 N–H and O–H groups in total. The van der Waals surface area contributed by atoms with Crippen LogP contribution in [0, 0.1) is 0 Å². The molecule has 5 rings (SSSR count). The maximum Gasteiger partial charge on any atom is 0.239 e. The molecule has 0 aliphatic carbocycles. The molecule has 1 saturated heterocycles. The molecule has 0 unspecified atom stereocenters. The van der Waals surface area contributed by atoms with Crippen molar-refractivity contribution >= 4 is 45.7 Å². The molecule has 3 aromatic heterocycles. The maximum atomic E-state index is 12.0. The zero-order chi connectivity index (χ0) is 20.7. The second-order valence-electron chi connectivity index (χ2n) is 7.28. The monoisotopic (exact) mass is 421 g/mol. The van der Waals surface area contributed by atoms with E-state index in [1.807, 2.05) is 35.2 Å². The van der Waals surface area contributed by atoms with Gasteiger partial charge >= 0.3 is 0 Å². The van der Waals surface area contributed by atoms with Crippen LogP contribution in [-0.4, -0.2) is 45.1 Å². The molecule has 1 aromatic carbocycles. The SMILES string of the molecule is C[C@@H](Nc1ccnc2ccnn12)c1cc2cccc(Cl)c2nc1N1CCNC(=O)C1. The molecule has 0 saturated carbocycles. The molecule has 0 bridgehead atoms.